The fourth-order valence-electron chi connectivity index (χ4n) is 2.16. The largest absolute Gasteiger partial charge is 0.466 e. The van der Waals surface area contributed by atoms with Crippen molar-refractivity contribution in [3.05, 3.63) is 0 Å². The molecule has 0 aliphatic heterocycles. The number of anilines is 2. The molecule has 108 valence electrons. The predicted molar refractivity (Wildman–Crippen MR) is 64.7 cm³/mol. The van der Waals surface area contributed by atoms with Gasteiger partial charge in [-0.2, -0.15) is 0 Å². The molecule has 0 saturated heterocycles. The number of rotatable bonds is 4. The van der Waals surface area contributed by atoms with E-state index in [0.29, 0.717) is 0 Å². The molecule has 2 heterocycles. The number of hydrogen-bond acceptors (Lipinski definition) is 10. The lowest BCUT2D eigenvalue weighted by Gasteiger charge is -2.30. The first-order valence-corrected chi connectivity index (χ1v) is 6.23. The van der Waals surface area contributed by atoms with E-state index >= 15 is 0 Å². The van der Waals surface area contributed by atoms with Crippen LogP contribution in [0.3, 0.4) is 0 Å². The molecule has 2 aromatic rings. The van der Waals surface area contributed by atoms with Crippen LogP contribution < -0.4 is 20.9 Å². The Labute approximate surface area is 113 Å². The van der Waals surface area contributed by atoms with E-state index in [2.05, 4.69) is 29.9 Å². The third-order valence-electron chi connectivity index (χ3n) is 3.13. The Morgan fingerprint density at radius 3 is 1.60 bits per heavy atom. The van der Waals surface area contributed by atoms with E-state index in [4.69, 9.17) is 20.9 Å². The molecule has 0 radical (unpaired) electrons. The lowest BCUT2D eigenvalue weighted by molar-refractivity contribution is 0.0149. The maximum Gasteiger partial charge on any atom is 0.300 e. The summed E-state index contributed by atoms with van der Waals surface area (Å²) in [7, 11) is 0. The summed E-state index contributed by atoms with van der Waals surface area (Å²) in [6.07, 6.45) is 3.14. The molecule has 1 saturated carbocycles. The third kappa shape index (κ3) is 2.44. The van der Waals surface area contributed by atoms with Crippen molar-refractivity contribution in [1.82, 2.24) is 20.6 Å². The molecule has 0 bridgehead atoms. The summed E-state index contributed by atoms with van der Waals surface area (Å²) in [5.41, 5.74) is 11.1. The van der Waals surface area contributed by atoms with Crippen molar-refractivity contribution >= 4 is 11.6 Å². The molecule has 0 spiro atoms. The van der Waals surface area contributed by atoms with Gasteiger partial charge < -0.3 is 20.9 Å². The Bertz CT molecular complexity index is 519. The summed E-state index contributed by atoms with van der Waals surface area (Å²) in [6, 6.07) is 0. The van der Waals surface area contributed by atoms with Crippen LogP contribution in [-0.4, -0.2) is 32.8 Å². The van der Waals surface area contributed by atoms with Gasteiger partial charge in [-0.1, -0.05) is 0 Å². The van der Waals surface area contributed by atoms with Gasteiger partial charge in [-0.3, -0.25) is 0 Å². The van der Waals surface area contributed by atoms with Crippen molar-refractivity contribution in [2.24, 2.45) is 0 Å². The minimum absolute atomic E-state index is 0.108. The molecule has 2 aromatic heterocycles. The van der Waals surface area contributed by atoms with Gasteiger partial charge in [0.05, 0.1) is 0 Å². The zero-order valence-electron chi connectivity index (χ0n) is 10.6. The highest BCUT2D eigenvalue weighted by Crippen LogP contribution is 2.29. The van der Waals surface area contributed by atoms with Gasteiger partial charge in [0.25, 0.3) is 0 Å². The minimum atomic E-state index is -0.242. The van der Waals surface area contributed by atoms with E-state index in [9.17, 15) is 0 Å². The average Bonchev–Trinajstić information content (AvgIpc) is 3.02. The molecule has 0 aromatic carbocycles. The topological polar surface area (TPSA) is 148 Å². The fourth-order valence-corrected chi connectivity index (χ4v) is 2.16. The normalized spacial score (nSPS) is 22.6. The van der Waals surface area contributed by atoms with E-state index in [1.165, 1.54) is 0 Å². The van der Waals surface area contributed by atoms with Crippen LogP contribution in [0.15, 0.2) is 9.26 Å². The second-order valence-corrected chi connectivity index (χ2v) is 4.51. The van der Waals surface area contributed by atoms with Gasteiger partial charge in [0.1, 0.15) is 12.2 Å². The van der Waals surface area contributed by atoms with E-state index in [0.717, 1.165) is 25.7 Å². The van der Waals surface area contributed by atoms with Crippen molar-refractivity contribution in [2.45, 2.75) is 37.9 Å². The van der Waals surface area contributed by atoms with Crippen molar-refractivity contribution in [1.29, 1.82) is 0 Å². The van der Waals surface area contributed by atoms with E-state index in [1.807, 2.05) is 0 Å². The summed E-state index contributed by atoms with van der Waals surface area (Å²) in [6.45, 7) is 0. The third-order valence-corrected chi connectivity index (χ3v) is 3.13. The van der Waals surface area contributed by atoms with Gasteiger partial charge in [-0.15, -0.1) is 0 Å². The Morgan fingerprint density at radius 2 is 1.25 bits per heavy atom. The molecule has 4 N–H and O–H groups in total. The van der Waals surface area contributed by atoms with Crippen LogP contribution in [0.1, 0.15) is 25.7 Å². The van der Waals surface area contributed by atoms with Crippen LogP contribution in [0.4, 0.5) is 11.6 Å². The molecule has 0 unspecified atom stereocenters. The van der Waals surface area contributed by atoms with Crippen LogP contribution in [0.25, 0.3) is 0 Å². The highest BCUT2D eigenvalue weighted by atomic mass is 16.6. The van der Waals surface area contributed by atoms with Gasteiger partial charge in [-0.25, -0.2) is 9.26 Å². The molecule has 2 atom stereocenters. The lowest BCUT2D eigenvalue weighted by Crippen LogP contribution is -2.39. The van der Waals surface area contributed by atoms with Crippen molar-refractivity contribution in [3.63, 3.8) is 0 Å². The van der Waals surface area contributed by atoms with Gasteiger partial charge >= 0.3 is 11.8 Å². The SMILES string of the molecule is Nc1nonc1O[C@@H]1CCCC[C@H]1Oc1nonc1N. The van der Waals surface area contributed by atoms with Crippen LogP contribution in [0.5, 0.6) is 11.8 Å². The Hall–Kier alpha value is -2.52. The summed E-state index contributed by atoms with van der Waals surface area (Å²) in [5.74, 6) is 0.544. The molecule has 20 heavy (non-hydrogen) atoms. The molecule has 1 aliphatic rings. The summed E-state index contributed by atoms with van der Waals surface area (Å²) >= 11 is 0. The summed E-state index contributed by atoms with van der Waals surface area (Å²) in [4.78, 5) is 0. The Balaban J connectivity index is 1.71. The van der Waals surface area contributed by atoms with Gasteiger partial charge in [0, 0.05) is 0 Å². The van der Waals surface area contributed by atoms with Crippen molar-refractivity contribution in [3.8, 4) is 11.8 Å². The highest BCUT2D eigenvalue weighted by molar-refractivity contribution is 5.38. The van der Waals surface area contributed by atoms with Crippen molar-refractivity contribution < 1.29 is 18.7 Å². The average molecular weight is 282 g/mol. The number of nitrogen functional groups attached to an aromatic ring is 2. The van der Waals surface area contributed by atoms with Gasteiger partial charge in [0.15, 0.2) is 0 Å². The number of aromatic nitrogens is 4. The first kappa shape index (κ1) is 12.5. The summed E-state index contributed by atoms with van der Waals surface area (Å²) in [5, 5.41) is 14.1. The predicted octanol–water partition coefficient (Wildman–Crippen LogP) is 0.386. The van der Waals surface area contributed by atoms with Crippen LogP contribution >= 0.6 is 0 Å². The van der Waals surface area contributed by atoms with E-state index < -0.39 is 0 Å². The number of ether oxygens (including phenoxy) is 2. The maximum atomic E-state index is 5.69. The van der Waals surface area contributed by atoms with Crippen LogP contribution in [-0.2, 0) is 0 Å². The molecule has 1 aliphatic carbocycles. The monoisotopic (exact) mass is 282 g/mol. The zero-order valence-corrected chi connectivity index (χ0v) is 10.6. The quantitative estimate of drug-likeness (QED) is 0.805. The summed E-state index contributed by atoms with van der Waals surface area (Å²) < 4.78 is 20.4. The van der Waals surface area contributed by atoms with Crippen LogP contribution in [0.2, 0.25) is 0 Å². The Kier molecular flexibility index (Phi) is 3.27. The molecule has 0 amide bonds. The van der Waals surface area contributed by atoms with E-state index in [1.54, 1.807) is 0 Å². The van der Waals surface area contributed by atoms with Crippen molar-refractivity contribution in [2.75, 3.05) is 11.5 Å². The fraction of sp³-hybridized carbons (Fsp3) is 0.600. The minimum Gasteiger partial charge on any atom is -0.466 e. The smallest absolute Gasteiger partial charge is 0.300 e. The molecule has 1 fully saturated rings. The second kappa shape index (κ2) is 5.23. The maximum absolute atomic E-state index is 5.69. The molecule has 3 rings (SSSR count). The highest BCUT2D eigenvalue weighted by Gasteiger charge is 2.31. The van der Waals surface area contributed by atoms with Gasteiger partial charge in [-0.05, 0) is 46.3 Å². The second-order valence-electron chi connectivity index (χ2n) is 4.51. The number of hydrogen-bond donors (Lipinski definition) is 2. The zero-order chi connectivity index (χ0) is 13.9. The number of nitrogens with two attached hydrogens (primary N) is 2. The molecule has 10 heteroatoms. The molecular weight excluding hydrogens is 268 g/mol. The molecular formula is C10H14N6O4. The number of nitrogens with zero attached hydrogens (tertiary/aromatic N) is 4. The standard InChI is InChI=1S/C10H14N6O4/c11-7-9(15-19-13-7)17-5-3-1-2-4-6(5)18-10-8(12)14-20-16-10/h5-6H,1-4H2,(H2,11,13)(H2,12,14)/t5-,6-/m1/s1. The van der Waals surface area contributed by atoms with Gasteiger partial charge in [0.2, 0.25) is 11.6 Å². The lowest BCUT2D eigenvalue weighted by atomic mass is 9.94. The Morgan fingerprint density at radius 1 is 0.800 bits per heavy atom. The first-order chi connectivity index (χ1) is 9.74. The first-order valence-electron chi connectivity index (χ1n) is 6.23. The van der Waals surface area contributed by atoms with Crippen LogP contribution in [0, 0.1) is 0 Å². The van der Waals surface area contributed by atoms with E-state index in [-0.39, 0.29) is 35.6 Å². The molecule has 10 nitrogen and oxygen atoms in total.